The fourth-order valence-corrected chi connectivity index (χ4v) is 7.11. The fraction of sp³-hybridized carbons (Fsp3) is 0.654. The van der Waals surface area contributed by atoms with Crippen LogP contribution in [0.25, 0.3) is 0 Å². The minimum absolute atomic E-state index is 0.00501. The SMILES string of the molecule is CC1C(C)(CCC(=O)Nc2c(O)ccc(C(=O)O)c2O)C(=O)CC[C@@]12C[C@@H]1C[C@@H](C)OC1(C)C2. The Morgan fingerprint density at radius 3 is 2.56 bits per heavy atom. The molecule has 3 unspecified atom stereocenters. The van der Waals surface area contributed by atoms with Crippen molar-refractivity contribution in [3.8, 4) is 11.5 Å². The molecule has 0 bridgehead atoms. The molecule has 1 amide bonds. The lowest BCUT2D eigenvalue weighted by Crippen LogP contribution is -2.49. The van der Waals surface area contributed by atoms with Crippen molar-refractivity contribution in [3.05, 3.63) is 17.7 Å². The number of phenols is 2. The van der Waals surface area contributed by atoms with Gasteiger partial charge in [0.1, 0.15) is 22.8 Å². The van der Waals surface area contributed by atoms with E-state index in [9.17, 15) is 29.7 Å². The van der Waals surface area contributed by atoms with E-state index in [1.54, 1.807) is 0 Å². The van der Waals surface area contributed by atoms with Gasteiger partial charge in [0, 0.05) is 18.3 Å². The van der Waals surface area contributed by atoms with Crippen LogP contribution in [0.2, 0.25) is 0 Å². The lowest BCUT2D eigenvalue weighted by molar-refractivity contribution is -0.144. The highest BCUT2D eigenvalue weighted by Crippen LogP contribution is 2.65. The van der Waals surface area contributed by atoms with Crippen LogP contribution in [-0.2, 0) is 14.3 Å². The van der Waals surface area contributed by atoms with Gasteiger partial charge in [0.25, 0.3) is 0 Å². The Morgan fingerprint density at radius 2 is 1.91 bits per heavy atom. The minimum Gasteiger partial charge on any atom is -0.506 e. The number of amides is 1. The van der Waals surface area contributed by atoms with Gasteiger partial charge in [-0.25, -0.2) is 4.79 Å². The lowest BCUT2D eigenvalue weighted by atomic mass is 9.53. The molecule has 2 saturated carbocycles. The summed E-state index contributed by atoms with van der Waals surface area (Å²) in [6.07, 6.45) is 4.94. The zero-order chi connectivity index (χ0) is 25.1. The van der Waals surface area contributed by atoms with Crippen LogP contribution in [0.1, 0.15) is 83.0 Å². The number of nitrogens with one attached hydrogen (secondary N) is 1. The number of carboxylic acids is 1. The second kappa shape index (κ2) is 8.26. The van der Waals surface area contributed by atoms with Gasteiger partial charge in [-0.1, -0.05) is 13.8 Å². The van der Waals surface area contributed by atoms with E-state index in [-0.39, 0.29) is 40.9 Å². The molecule has 1 saturated heterocycles. The predicted octanol–water partition coefficient (Wildman–Crippen LogP) is 4.48. The van der Waals surface area contributed by atoms with E-state index in [1.807, 2.05) is 6.92 Å². The van der Waals surface area contributed by atoms with Gasteiger partial charge in [0.05, 0.1) is 11.7 Å². The summed E-state index contributed by atoms with van der Waals surface area (Å²) in [4.78, 5) is 37.1. The van der Waals surface area contributed by atoms with Crippen LogP contribution in [0.5, 0.6) is 11.5 Å². The molecular weight excluding hydrogens is 438 g/mol. The van der Waals surface area contributed by atoms with Gasteiger partial charge in [-0.05, 0) is 75.3 Å². The van der Waals surface area contributed by atoms with E-state index >= 15 is 0 Å². The average Bonchev–Trinajstić information content (AvgIpc) is 3.18. The molecule has 1 aromatic carbocycles. The van der Waals surface area contributed by atoms with Crippen molar-refractivity contribution >= 4 is 23.3 Å². The molecule has 8 nitrogen and oxygen atoms in total. The van der Waals surface area contributed by atoms with Crippen molar-refractivity contribution in [2.24, 2.45) is 22.7 Å². The number of anilines is 1. The van der Waals surface area contributed by atoms with Crippen molar-refractivity contribution in [3.63, 3.8) is 0 Å². The molecule has 0 aromatic heterocycles. The van der Waals surface area contributed by atoms with Gasteiger partial charge in [0.15, 0.2) is 5.75 Å². The highest BCUT2D eigenvalue weighted by Gasteiger charge is 2.63. The van der Waals surface area contributed by atoms with Crippen LogP contribution in [0.4, 0.5) is 5.69 Å². The molecule has 34 heavy (non-hydrogen) atoms. The maximum Gasteiger partial charge on any atom is 0.339 e. The number of ketones is 1. The molecule has 0 radical (unpaired) electrons. The third-order valence-electron chi connectivity index (χ3n) is 9.19. The first-order chi connectivity index (χ1) is 15.8. The summed E-state index contributed by atoms with van der Waals surface area (Å²) in [5.74, 6) is -2.28. The first kappa shape index (κ1) is 24.5. The Hall–Kier alpha value is -2.61. The fourth-order valence-electron chi connectivity index (χ4n) is 7.11. The van der Waals surface area contributed by atoms with E-state index in [0.29, 0.717) is 18.8 Å². The summed E-state index contributed by atoms with van der Waals surface area (Å²) in [7, 11) is 0. The molecule has 1 aliphatic heterocycles. The number of aromatic hydroxyl groups is 2. The molecule has 3 fully saturated rings. The molecule has 2 aliphatic carbocycles. The number of fused-ring (bicyclic) bond motifs is 1. The normalized spacial score (nSPS) is 37.1. The van der Waals surface area contributed by atoms with Crippen LogP contribution in [0.15, 0.2) is 12.1 Å². The second-order valence-electron chi connectivity index (χ2n) is 11.2. The number of carboxylic acid groups (broad SMARTS) is 1. The molecule has 6 atom stereocenters. The van der Waals surface area contributed by atoms with E-state index in [2.05, 4.69) is 26.1 Å². The number of Topliss-reactive ketones (excluding diaryl/α,β-unsaturated/α-hetero) is 1. The van der Waals surface area contributed by atoms with E-state index < -0.39 is 34.4 Å². The van der Waals surface area contributed by atoms with Gasteiger partial charge >= 0.3 is 5.97 Å². The number of phenolic OH excluding ortho intramolecular Hbond substituents is 1. The van der Waals surface area contributed by atoms with Gasteiger partial charge in [0.2, 0.25) is 5.91 Å². The third-order valence-corrected chi connectivity index (χ3v) is 9.19. The number of ether oxygens (including phenoxy) is 1. The van der Waals surface area contributed by atoms with Crippen LogP contribution in [0.3, 0.4) is 0 Å². The molecule has 3 aliphatic rings. The van der Waals surface area contributed by atoms with Gasteiger partial charge in [-0.3, -0.25) is 9.59 Å². The standard InChI is InChI=1S/C26H35NO7/c1-14-11-16-12-26(13-25(16,4)34-14)10-7-19(29)24(3,15(26)2)9-8-20(30)27-21-18(28)6-5-17(22(21)31)23(32)33/h5-6,14-16,28,31H,7-13H2,1-4H3,(H,27,30)(H,32,33)/t14-,15?,16+,24?,25?,26+/m1/s1. The molecule has 8 heteroatoms. The predicted molar refractivity (Wildman–Crippen MR) is 125 cm³/mol. The molecular formula is C26H35NO7. The smallest absolute Gasteiger partial charge is 0.339 e. The first-order valence-corrected chi connectivity index (χ1v) is 12.1. The van der Waals surface area contributed by atoms with Crippen molar-refractivity contribution < 1.29 is 34.4 Å². The van der Waals surface area contributed by atoms with Crippen LogP contribution >= 0.6 is 0 Å². The highest BCUT2D eigenvalue weighted by molar-refractivity contribution is 5.99. The monoisotopic (exact) mass is 473 g/mol. The Kier molecular flexibility index (Phi) is 5.95. The Morgan fingerprint density at radius 1 is 1.21 bits per heavy atom. The summed E-state index contributed by atoms with van der Waals surface area (Å²) < 4.78 is 6.32. The first-order valence-electron chi connectivity index (χ1n) is 12.1. The van der Waals surface area contributed by atoms with Crippen molar-refractivity contribution in [1.82, 2.24) is 0 Å². The van der Waals surface area contributed by atoms with Gasteiger partial charge < -0.3 is 25.4 Å². The van der Waals surface area contributed by atoms with Gasteiger partial charge in [-0.2, -0.15) is 0 Å². The number of carbonyl (C=O) groups excluding carboxylic acids is 2. The summed E-state index contributed by atoms with van der Waals surface area (Å²) in [5, 5.41) is 31.8. The Bertz CT molecular complexity index is 1040. The molecule has 1 spiro atoms. The second-order valence-corrected chi connectivity index (χ2v) is 11.2. The van der Waals surface area contributed by atoms with E-state index in [1.165, 1.54) is 0 Å². The van der Waals surface area contributed by atoms with Crippen LogP contribution in [-0.4, -0.2) is 44.7 Å². The topological polar surface area (TPSA) is 133 Å². The Labute approximate surface area is 199 Å². The van der Waals surface area contributed by atoms with E-state index in [4.69, 9.17) is 4.74 Å². The number of hydrogen-bond acceptors (Lipinski definition) is 6. The summed E-state index contributed by atoms with van der Waals surface area (Å²) in [5.41, 5.74) is -1.59. The average molecular weight is 474 g/mol. The number of rotatable bonds is 5. The van der Waals surface area contributed by atoms with Crippen LogP contribution in [0, 0.1) is 22.7 Å². The molecule has 1 aromatic rings. The summed E-state index contributed by atoms with van der Waals surface area (Å²) in [6, 6.07) is 2.17. The molecule has 186 valence electrons. The molecule has 1 heterocycles. The van der Waals surface area contributed by atoms with Crippen molar-refractivity contribution in [2.45, 2.75) is 84.3 Å². The van der Waals surface area contributed by atoms with Crippen molar-refractivity contribution in [1.29, 1.82) is 0 Å². The number of hydrogen-bond donors (Lipinski definition) is 4. The lowest BCUT2D eigenvalue weighted by Gasteiger charge is -2.51. The third kappa shape index (κ3) is 3.85. The van der Waals surface area contributed by atoms with E-state index in [0.717, 1.165) is 37.8 Å². The summed E-state index contributed by atoms with van der Waals surface area (Å²) >= 11 is 0. The quantitative estimate of drug-likeness (QED) is 0.463. The van der Waals surface area contributed by atoms with Gasteiger partial charge in [-0.15, -0.1) is 0 Å². The minimum atomic E-state index is -1.37. The maximum absolute atomic E-state index is 13.1. The zero-order valence-electron chi connectivity index (χ0n) is 20.3. The Balaban J connectivity index is 1.48. The molecule has 4 N–H and O–H groups in total. The summed E-state index contributed by atoms with van der Waals surface area (Å²) in [6.45, 7) is 8.41. The van der Waals surface area contributed by atoms with Crippen molar-refractivity contribution in [2.75, 3.05) is 5.32 Å². The number of aromatic carboxylic acids is 1. The zero-order valence-corrected chi connectivity index (χ0v) is 20.3. The largest absolute Gasteiger partial charge is 0.506 e. The highest BCUT2D eigenvalue weighted by atomic mass is 16.5. The number of benzene rings is 1. The molecule has 4 rings (SSSR count). The number of carbonyl (C=O) groups is 3. The maximum atomic E-state index is 13.1. The van der Waals surface area contributed by atoms with Crippen LogP contribution < -0.4 is 5.32 Å².